The van der Waals surface area contributed by atoms with E-state index in [1.807, 2.05) is 18.2 Å². The van der Waals surface area contributed by atoms with E-state index in [4.69, 9.17) is 14.4 Å². The first-order valence-corrected chi connectivity index (χ1v) is 9.88. The number of fused-ring (bicyclic) bond motifs is 3. The van der Waals surface area contributed by atoms with E-state index in [1.54, 1.807) is 37.5 Å². The number of furan rings is 1. The number of amides is 2. The first-order chi connectivity index (χ1) is 15.1. The van der Waals surface area contributed by atoms with Gasteiger partial charge in [-0.3, -0.25) is 19.7 Å². The minimum Gasteiger partial charge on any atom is -0.497 e. The number of nitrogens with zero attached hydrogens (tertiary/aromatic N) is 1. The molecule has 0 atom stereocenters. The van der Waals surface area contributed by atoms with E-state index in [2.05, 4.69) is 10.2 Å². The van der Waals surface area contributed by atoms with Crippen molar-refractivity contribution in [1.29, 1.82) is 0 Å². The third kappa shape index (κ3) is 4.76. The molecule has 31 heavy (non-hydrogen) atoms. The molecule has 8 heteroatoms. The minimum atomic E-state index is -0.606. The molecule has 1 aliphatic rings. The summed E-state index contributed by atoms with van der Waals surface area (Å²) in [5.74, 6) is 0.938. The molecule has 0 unspecified atom stereocenters. The van der Waals surface area contributed by atoms with Crippen molar-refractivity contribution in [3.63, 3.8) is 0 Å². The van der Waals surface area contributed by atoms with Gasteiger partial charge in [0, 0.05) is 35.3 Å². The van der Waals surface area contributed by atoms with Crippen molar-refractivity contribution in [1.82, 2.24) is 10.4 Å². The summed E-state index contributed by atoms with van der Waals surface area (Å²) >= 11 is 0. The predicted molar refractivity (Wildman–Crippen MR) is 116 cm³/mol. The van der Waals surface area contributed by atoms with Crippen LogP contribution in [-0.4, -0.2) is 42.1 Å². The van der Waals surface area contributed by atoms with Gasteiger partial charge in [0.2, 0.25) is 5.91 Å². The lowest BCUT2D eigenvalue weighted by Crippen LogP contribution is -2.36. The number of anilines is 1. The van der Waals surface area contributed by atoms with Gasteiger partial charge >= 0.3 is 0 Å². The van der Waals surface area contributed by atoms with Crippen molar-refractivity contribution in [2.24, 2.45) is 0 Å². The zero-order valence-electron chi connectivity index (χ0n) is 17.1. The summed E-state index contributed by atoms with van der Waals surface area (Å²) < 4.78 is 11.3. The highest BCUT2D eigenvalue weighted by atomic mass is 16.5. The molecule has 0 radical (unpaired) electrons. The number of hydroxylamine groups is 1. The summed E-state index contributed by atoms with van der Waals surface area (Å²) in [7, 11) is 1.63. The van der Waals surface area contributed by atoms with Gasteiger partial charge in [0.15, 0.2) is 0 Å². The van der Waals surface area contributed by atoms with Crippen molar-refractivity contribution in [2.75, 3.05) is 25.5 Å². The van der Waals surface area contributed by atoms with Crippen molar-refractivity contribution in [3.8, 4) is 5.75 Å². The summed E-state index contributed by atoms with van der Waals surface area (Å²) in [5, 5.41) is 12.5. The van der Waals surface area contributed by atoms with Crippen molar-refractivity contribution < 1.29 is 24.0 Å². The molecule has 0 saturated carbocycles. The molecule has 160 valence electrons. The van der Waals surface area contributed by atoms with Gasteiger partial charge in [0.1, 0.15) is 17.1 Å². The van der Waals surface area contributed by atoms with Crippen molar-refractivity contribution in [2.45, 2.75) is 13.0 Å². The minimum absolute atomic E-state index is 0.107. The second-order valence-electron chi connectivity index (χ2n) is 7.31. The van der Waals surface area contributed by atoms with E-state index in [9.17, 15) is 9.59 Å². The Morgan fingerprint density at radius 3 is 2.77 bits per heavy atom. The Morgan fingerprint density at radius 1 is 1.23 bits per heavy atom. The fourth-order valence-corrected chi connectivity index (χ4v) is 3.69. The van der Waals surface area contributed by atoms with Gasteiger partial charge in [-0.25, -0.2) is 5.48 Å². The summed E-state index contributed by atoms with van der Waals surface area (Å²) in [5.41, 5.74) is 4.98. The number of rotatable bonds is 6. The quantitative estimate of drug-likeness (QED) is 0.321. The summed E-state index contributed by atoms with van der Waals surface area (Å²) in [6.45, 7) is 1.62. The van der Waals surface area contributed by atoms with E-state index >= 15 is 0 Å². The highest BCUT2D eigenvalue weighted by molar-refractivity contribution is 5.93. The first-order valence-electron chi connectivity index (χ1n) is 9.88. The van der Waals surface area contributed by atoms with Crippen LogP contribution in [0.5, 0.6) is 5.75 Å². The number of methoxy groups -OCH3 is 1. The molecule has 1 aliphatic heterocycles. The predicted octanol–water partition coefficient (Wildman–Crippen LogP) is 2.96. The Bertz CT molecular complexity index is 1130. The SMILES string of the molecule is COc1ccc2c3c(oc2c1)CN(CC(=O)Nc1ccc(/C=C/C(=O)NO)cc1)CC3. The molecule has 4 rings (SSSR count). The van der Waals surface area contributed by atoms with Gasteiger partial charge in [0.25, 0.3) is 5.91 Å². The third-order valence-electron chi connectivity index (χ3n) is 5.23. The molecule has 2 heterocycles. The number of benzene rings is 2. The Balaban J connectivity index is 1.35. The molecule has 1 aromatic heterocycles. The van der Waals surface area contributed by atoms with Gasteiger partial charge < -0.3 is 14.5 Å². The number of hydrogen-bond donors (Lipinski definition) is 3. The van der Waals surface area contributed by atoms with Crippen LogP contribution in [0, 0.1) is 0 Å². The molecule has 3 aromatic rings. The topological polar surface area (TPSA) is 104 Å². The Hall–Kier alpha value is -3.62. The first kappa shape index (κ1) is 20.6. The fraction of sp³-hybridized carbons (Fsp3) is 0.217. The molecule has 0 spiro atoms. The molecular formula is C23H23N3O5. The maximum Gasteiger partial charge on any atom is 0.267 e. The number of carbonyl (C=O) groups excluding carboxylic acids is 2. The second kappa shape index (κ2) is 9.03. The number of ether oxygens (including phenoxy) is 1. The fourth-order valence-electron chi connectivity index (χ4n) is 3.69. The van der Waals surface area contributed by atoms with E-state index < -0.39 is 5.91 Å². The van der Waals surface area contributed by atoms with Crippen LogP contribution in [0.1, 0.15) is 16.9 Å². The molecule has 0 bridgehead atoms. The standard InChI is InChI=1S/C23H23N3O5/c1-30-17-7-8-18-19-10-11-26(13-21(19)31-20(18)12-17)14-23(28)24-16-5-2-15(3-6-16)4-9-22(27)25-29/h2-9,12,29H,10-11,13-14H2,1H3,(H,24,28)(H,25,27)/b9-4+. The lowest BCUT2D eigenvalue weighted by Gasteiger charge is -2.25. The maximum atomic E-state index is 12.5. The molecule has 2 aromatic carbocycles. The Kier molecular flexibility index (Phi) is 6.01. The molecule has 3 N–H and O–H groups in total. The zero-order valence-corrected chi connectivity index (χ0v) is 17.1. The van der Waals surface area contributed by atoms with E-state index in [-0.39, 0.29) is 12.5 Å². The lowest BCUT2D eigenvalue weighted by atomic mass is 10.0. The average Bonchev–Trinajstić information content (AvgIpc) is 3.14. The highest BCUT2D eigenvalue weighted by Crippen LogP contribution is 2.32. The third-order valence-corrected chi connectivity index (χ3v) is 5.23. The van der Waals surface area contributed by atoms with Gasteiger partial charge in [-0.15, -0.1) is 0 Å². The van der Waals surface area contributed by atoms with E-state index in [0.717, 1.165) is 41.0 Å². The molecule has 0 saturated heterocycles. The largest absolute Gasteiger partial charge is 0.497 e. The van der Waals surface area contributed by atoms with Crippen molar-refractivity contribution in [3.05, 3.63) is 65.4 Å². The number of carbonyl (C=O) groups is 2. The van der Waals surface area contributed by atoms with Crippen molar-refractivity contribution >= 4 is 34.5 Å². The van der Waals surface area contributed by atoms with Crippen LogP contribution in [0.25, 0.3) is 17.0 Å². The molecule has 8 nitrogen and oxygen atoms in total. The molecule has 0 aliphatic carbocycles. The summed E-state index contributed by atoms with van der Waals surface area (Å²) in [4.78, 5) is 25.6. The molecular weight excluding hydrogens is 398 g/mol. The van der Waals surface area contributed by atoms with Gasteiger partial charge in [-0.2, -0.15) is 0 Å². The van der Waals surface area contributed by atoms with Gasteiger partial charge in [-0.1, -0.05) is 12.1 Å². The average molecular weight is 421 g/mol. The second-order valence-corrected chi connectivity index (χ2v) is 7.31. The smallest absolute Gasteiger partial charge is 0.267 e. The van der Waals surface area contributed by atoms with Crippen LogP contribution in [-0.2, 0) is 22.6 Å². The summed E-state index contributed by atoms with van der Waals surface area (Å²) in [6, 6.07) is 12.9. The number of hydrogen-bond acceptors (Lipinski definition) is 6. The summed E-state index contributed by atoms with van der Waals surface area (Å²) in [6.07, 6.45) is 3.60. The zero-order chi connectivity index (χ0) is 21.8. The van der Waals surface area contributed by atoms with E-state index in [0.29, 0.717) is 12.2 Å². The molecule has 0 fully saturated rings. The van der Waals surface area contributed by atoms with Crippen LogP contribution in [0.15, 0.2) is 53.0 Å². The highest BCUT2D eigenvalue weighted by Gasteiger charge is 2.24. The van der Waals surface area contributed by atoms with E-state index in [1.165, 1.54) is 17.1 Å². The monoisotopic (exact) mass is 421 g/mol. The van der Waals surface area contributed by atoms with Crippen LogP contribution in [0.3, 0.4) is 0 Å². The lowest BCUT2D eigenvalue weighted by molar-refractivity contribution is -0.124. The van der Waals surface area contributed by atoms with Crippen LogP contribution < -0.4 is 15.5 Å². The molecule has 2 amide bonds. The van der Waals surface area contributed by atoms with Crippen LogP contribution in [0.4, 0.5) is 5.69 Å². The normalized spacial score (nSPS) is 13.9. The van der Waals surface area contributed by atoms with Crippen LogP contribution >= 0.6 is 0 Å². The van der Waals surface area contributed by atoms with Crippen LogP contribution in [0.2, 0.25) is 0 Å². The van der Waals surface area contributed by atoms with Gasteiger partial charge in [0.05, 0.1) is 20.2 Å². The Labute approximate surface area is 179 Å². The maximum absolute atomic E-state index is 12.5. The van der Waals surface area contributed by atoms with Gasteiger partial charge in [-0.05, 0) is 42.3 Å². The Morgan fingerprint density at radius 2 is 2.03 bits per heavy atom. The number of nitrogens with one attached hydrogen (secondary N) is 2.